The number of benzene rings is 1. The van der Waals surface area contributed by atoms with Crippen molar-refractivity contribution < 1.29 is 19.4 Å². The molecule has 1 aromatic carbocycles. The minimum atomic E-state index is -1.01. The summed E-state index contributed by atoms with van der Waals surface area (Å²) in [6.45, 7) is 8.93. The molecule has 1 saturated carbocycles. The average Bonchev–Trinajstić information content (AvgIpc) is 3.63. The first kappa shape index (κ1) is 25.2. The van der Waals surface area contributed by atoms with Crippen molar-refractivity contribution in [2.24, 2.45) is 5.92 Å². The molecule has 0 unspecified atom stereocenters. The van der Waals surface area contributed by atoms with E-state index in [4.69, 9.17) is 9.72 Å². The van der Waals surface area contributed by atoms with Crippen LogP contribution in [0.3, 0.4) is 0 Å². The molecule has 0 spiro atoms. The SMILES string of the molecule is Cc1ccc(OCC2CC2)c(-c2nc(C)nc3c(C(=O)NC4CCN(C(=O)[C@H](C)O)CC4)c(C)[nH]c23)c1. The van der Waals surface area contributed by atoms with E-state index in [-0.39, 0.29) is 17.9 Å². The van der Waals surface area contributed by atoms with Crippen molar-refractivity contribution >= 4 is 22.8 Å². The van der Waals surface area contributed by atoms with Crippen molar-refractivity contribution in [2.75, 3.05) is 19.7 Å². The van der Waals surface area contributed by atoms with Gasteiger partial charge < -0.3 is 25.0 Å². The van der Waals surface area contributed by atoms with E-state index in [2.05, 4.69) is 21.4 Å². The zero-order valence-corrected chi connectivity index (χ0v) is 21.9. The van der Waals surface area contributed by atoms with Crippen LogP contribution in [0.5, 0.6) is 5.75 Å². The Morgan fingerprint density at radius 1 is 1.16 bits per heavy atom. The van der Waals surface area contributed by atoms with Crippen molar-refractivity contribution in [3.05, 3.63) is 40.8 Å². The van der Waals surface area contributed by atoms with Crippen molar-refractivity contribution in [3.63, 3.8) is 0 Å². The summed E-state index contributed by atoms with van der Waals surface area (Å²) >= 11 is 0. The number of aliphatic hydroxyl groups is 1. The van der Waals surface area contributed by atoms with Crippen molar-refractivity contribution in [1.82, 2.24) is 25.2 Å². The second kappa shape index (κ2) is 10.1. The lowest BCUT2D eigenvalue weighted by Gasteiger charge is -2.33. The molecule has 2 fully saturated rings. The summed E-state index contributed by atoms with van der Waals surface area (Å²) in [4.78, 5) is 40.0. The smallest absolute Gasteiger partial charge is 0.255 e. The number of carbonyl (C=O) groups is 2. The molecule has 3 N–H and O–H groups in total. The normalized spacial score (nSPS) is 17.2. The zero-order valence-electron chi connectivity index (χ0n) is 21.9. The molecule has 2 amide bonds. The number of rotatable bonds is 7. The highest BCUT2D eigenvalue weighted by Gasteiger charge is 2.29. The quantitative estimate of drug-likeness (QED) is 0.452. The van der Waals surface area contributed by atoms with Crippen LogP contribution in [0.15, 0.2) is 18.2 Å². The van der Waals surface area contributed by atoms with Gasteiger partial charge >= 0.3 is 0 Å². The number of aliphatic hydroxyl groups excluding tert-OH is 1. The Hall–Kier alpha value is -3.46. The van der Waals surface area contributed by atoms with Crippen LogP contribution in [-0.2, 0) is 4.79 Å². The van der Waals surface area contributed by atoms with Crippen molar-refractivity contribution in [1.29, 1.82) is 0 Å². The van der Waals surface area contributed by atoms with Gasteiger partial charge in [0.1, 0.15) is 28.9 Å². The molecule has 9 nitrogen and oxygen atoms in total. The molecule has 1 aliphatic heterocycles. The molecule has 196 valence electrons. The molecule has 1 saturated heterocycles. The van der Waals surface area contributed by atoms with E-state index in [1.807, 2.05) is 32.9 Å². The molecule has 2 aliphatic rings. The zero-order chi connectivity index (χ0) is 26.3. The fourth-order valence-electron chi connectivity index (χ4n) is 4.99. The van der Waals surface area contributed by atoms with Crippen LogP contribution in [-0.4, -0.2) is 68.6 Å². The van der Waals surface area contributed by atoms with Gasteiger partial charge in [-0.25, -0.2) is 9.97 Å². The van der Waals surface area contributed by atoms with Gasteiger partial charge in [0, 0.05) is 30.4 Å². The van der Waals surface area contributed by atoms with Gasteiger partial charge in [-0.1, -0.05) is 11.6 Å². The van der Waals surface area contributed by atoms with Crippen LogP contribution in [0.4, 0.5) is 0 Å². The van der Waals surface area contributed by atoms with Crippen molar-refractivity contribution in [2.45, 2.75) is 65.5 Å². The van der Waals surface area contributed by atoms with Crippen LogP contribution >= 0.6 is 0 Å². The van der Waals surface area contributed by atoms with Gasteiger partial charge in [-0.15, -0.1) is 0 Å². The Kier molecular flexibility index (Phi) is 6.90. The monoisotopic (exact) mass is 505 g/mol. The van der Waals surface area contributed by atoms with Gasteiger partial charge in [0.25, 0.3) is 11.8 Å². The third-order valence-electron chi connectivity index (χ3n) is 7.23. The molecular formula is C28H35N5O4. The molecule has 1 aliphatic carbocycles. The van der Waals surface area contributed by atoms with Crippen LogP contribution < -0.4 is 10.1 Å². The van der Waals surface area contributed by atoms with E-state index < -0.39 is 6.10 Å². The Morgan fingerprint density at radius 3 is 2.57 bits per heavy atom. The molecule has 3 heterocycles. The van der Waals surface area contributed by atoms with Gasteiger partial charge in [-0.3, -0.25) is 9.59 Å². The summed E-state index contributed by atoms with van der Waals surface area (Å²) in [5, 5.41) is 12.7. The summed E-state index contributed by atoms with van der Waals surface area (Å²) < 4.78 is 6.19. The number of ether oxygens (including phenoxy) is 1. The first-order valence-corrected chi connectivity index (χ1v) is 13.1. The molecule has 37 heavy (non-hydrogen) atoms. The van der Waals surface area contributed by atoms with E-state index in [1.54, 1.807) is 4.90 Å². The lowest BCUT2D eigenvalue weighted by molar-refractivity contribution is -0.140. The maximum absolute atomic E-state index is 13.5. The molecule has 0 radical (unpaired) electrons. The summed E-state index contributed by atoms with van der Waals surface area (Å²) in [6, 6.07) is 6.04. The fourth-order valence-corrected chi connectivity index (χ4v) is 4.99. The third-order valence-corrected chi connectivity index (χ3v) is 7.23. The van der Waals surface area contributed by atoms with Crippen molar-refractivity contribution in [3.8, 4) is 17.0 Å². The van der Waals surface area contributed by atoms with Crippen LogP contribution in [0.25, 0.3) is 22.3 Å². The highest BCUT2D eigenvalue weighted by molar-refractivity contribution is 6.09. The second-order valence-corrected chi connectivity index (χ2v) is 10.5. The largest absolute Gasteiger partial charge is 0.493 e. The Labute approximate surface area is 216 Å². The second-order valence-electron chi connectivity index (χ2n) is 10.5. The topological polar surface area (TPSA) is 120 Å². The molecule has 9 heteroatoms. The number of fused-ring (bicyclic) bond motifs is 1. The van der Waals surface area contributed by atoms with Crippen LogP contribution in [0.2, 0.25) is 0 Å². The standard InChI is InChI=1S/C28H35N5O4/c1-15-5-8-22(37-14-19-6-7-19)21(13-15)24-26-25(31-18(4)30-24)23(16(2)29-26)27(35)32-20-9-11-33(12-10-20)28(36)17(3)34/h5,8,13,17,19-20,29,34H,6-7,9-12,14H2,1-4H3,(H,32,35)/t17-/m0/s1. The minimum absolute atomic E-state index is 0.0588. The number of aromatic nitrogens is 3. The molecule has 0 bridgehead atoms. The molecule has 2 aromatic heterocycles. The van der Waals surface area contributed by atoms with E-state index in [1.165, 1.54) is 19.8 Å². The first-order chi connectivity index (χ1) is 17.7. The minimum Gasteiger partial charge on any atom is -0.493 e. The molecular weight excluding hydrogens is 470 g/mol. The highest BCUT2D eigenvalue weighted by Crippen LogP contribution is 2.37. The summed E-state index contributed by atoms with van der Waals surface area (Å²) in [5.74, 6) is 1.53. The lowest BCUT2D eigenvalue weighted by atomic mass is 10.0. The predicted molar refractivity (Wildman–Crippen MR) is 141 cm³/mol. The average molecular weight is 506 g/mol. The summed E-state index contributed by atoms with van der Waals surface area (Å²) in [6.07, 6.45) is 2.68. The number of H-pyrrole nitrogens is 1. The Bertz CT molecular complexity index is 1340. The maximum atomic E-state index is 13.5. The van der Waals surface area contributed by atoms with Gasteiger partial charge in [0.15, 0.2) is 0 Å². The van der Waals surface area contributed by atoms with E-state index in [0.29, 0.717) is 60.9 Å². The summed E-state index contributed by atoms with van der Waals surface area (Å²) in [5.41, 5.74) is 5.26. The van der Waals surface area contributed by atoms with Gasteiger partial charge in [0.2, 0.25) is 0 Å². The summed E-state index contributed by atoms with van der Waals surface area (Å²) in [7, 11) is 0. The molecule has 1 atom stereocenters. The van der Waals surface area contributed by atoms with E-state index >= 15 is 0 Å². The van der Waals surface area contributed by atoms with Gasteiger partial charge in [-0.05, 0) is 71.4 Å². The number of aromatic amines is 1. The molecule has 5 rings (SSSR count). The predicted octanol–water partition coefficient (Wildman–Crippen LogP) is 3.44. The molecule has 3 aromatic rings. The third kappa shape index (κ3) is 5.32. The Balaban J connectivity index is 1.42. The number of nitrogens with one attached hydrogen (secondary N) is 2. The Morgan fingerprint density at radius 2 is 1.89 bits per heavy atom. The number of carbonyl (C=O) groups excluding carboxylic acids is 2. The number of piperidine rings is 1. The number of aryl methyl sites for hydroxylation is 3. The van der Waals surface area contributed by atoms with Crippen LogP contribution in [0.1, 0.15) is 60.0 Å². The van der Waals surface area contributed by atoms with Gasteiger partial charge in [0.05, 0.1) is 17.7 Å². The van der Waals surface area contributed by atoms with Gasteiger partial charge in [-0.2, -0.15) is 0 Å². The van der Waals surface area contributed by atoms with Crippen LogP contribution in [0, 0.1) is 26.7 Å². The number of amides is 2. The van der Waals surface area contributed by atoms with E-state index in [0.717, 1.165) is 28.3 Å². The number of nitrogens with zero attached hydrogens (tertiary/aromatic N) is 3. The highest BCUT2D eigenvalue weighted by atomic mass is 16.5. The fraction of sp³-hybridized carbons (Fsp3) is 0.500. The maximum Gasteiger partial charge on any atom is 0.255 e. The number of hydrogen-bond donors (Lipinski definition) is 3. The first-order valence-electron chi connectivity index (χ1n) is 13.1. The number of hydrogen-bond acceptors (Lipinski definition) is 6. The van der Waals surface area contributed by atoms with E-state index in [9.17, 15) is 14.7 Å². The number of likely N-dealkylation sites (tertiary alicyclic amines) is 1. The lowest BCUT2D eigenvalue weighted by Crippen LogP contribution is -2.48.